The number of hydrogen-bond donors (Lipinski definition) is 1. The van der Waals surface area contributed by atoms with Crippen LogP contribution in [0.3, 0.4) is 0 Å². The lowest BCUT2D eigenvalue weighted by atomic mass is 9.85. The molecule has 1 aliphatic heterocycles. The molecule has 1 aliphatic carbocycles. The Hall–Kier alpha value is -3.74. The van der Waals surface area contributed by atoms with Crippen molar-refractivity contribution in [2.75, 3.05) is 19.4 Å². The maximum atomic E-state index is 14.3. The van der Waals surface area contributed by atoms with Gasteiger partial charge in [-0.3, -0.25) is 4.79 Å². The molecule has 0 fully saturated rings. The number of allylic oxidation sites excluding steroid dienone is 3. The molecule has 13 heteroatoms. The zero-order chi connectivity index (χ0) is 25.7. The fraction of sp³-hybridized carbons (Fsp3) is 0.227. The lowest BCUT2D eigenvalue weighted by Crippen LogP contribution is -2.52. The highest BCUT2D eigenvalue weighted by atomic mass is 32.1. The molecule has 182 valence electrons. The number of fused-ring (bicyclic) bond motifs is 1. The van der Waals surface area contributed by atoms with Gasteiger partial charge >= 0.3 is 18.1 Å². The zero-order valence-corrected chi connectivity index (χ0v) is 18.9. The smallest absolute Gasteiger partial charge is 0.302 e. The Morgan fingerprint density at radius 3 is 2.63 bits per heavy atom. The molecule has 7 nitrogen and oxygen atoms in total. The van der Waals surface area contributed by atoms with Gasteiger partial charge < -0.3 is 5.32 Å². The van der Waals surface area contributed by atoms with Crippen molar-refractivity contribution < 1.29 is 40.9 Å². The van der Waals surface area contributed by atoms with Gasteiger partial charge in [-0.1, -0.05) is 12.2 Å². The van der Waals surface area contributed by atoms with E-state index in [0.717, 1.165) is 22.3 Å². The number of amides is 4. The van der Waals surface area contributed by atoms with Crippen LogP contribution in [0.15, 0.2) is 41.3 Å². The van der Waals surface area contributed by atoms with E-state index in [9.17, 15) is 36.3 Å². The SMILES string of the molecule is CN1C(=O)C2C(CC(=O)Nc3nc(-c4ccc(C(F)(F)F)c(F)c4F)cs3)=CC=CC2=[N+](C)C1=O. The average Bonchev–Trinajstić information content (AvgIpc) is 3.24. The van der Waals surface area contributed by atoms with Gasteiger partial charge in [0.2, 0.25) is 5.91 Å². The number of alkyl halides is 3. The molecule has 2 aliphatic rings. The van der Waals surface area contributed by atoms with E-state index in [-0.39, 0.29) is 17.2 Å². The average molecular weight is 511 g/mol. The van der Waals surface area contributed by atoms with Crippen molar-refractivity contribution in [3.8, 4) is 11.3 Å². The molecule has 0 radical (unpaired) electrons. The molecule has 0 saturated carbocycles. The molecule has 1 atom stereocenters. The highest BCUT2D eigenvalue weighted by Crippen LogP contribution is 2.36. The molecular weight excluding hydrogens is 495 g/mol. The van der Waals surface area contributed by atoms with Gasteiger partial charge in [-0.25, -0.2) is 18.6 Å². The molecule has 1 N–H and O–H groups in total. The highest BCUT2D eigenvalue weighted by molar-refractivity contribution is 7.14. The first-order valence-electron chi connectivity index (χ1n) is 10.00. The summed E-state index contributed by atoms with van der Waals surface area (Å²) in [7, 11) is 2.86. The minimum Gasteiger partial charge on any atom is -0.302 e. The maximum Gasteiger partial charge on any atom is 0.500 e. The third-order valence-corrected chi connectivity index (χ3v) is 6.32. The van der Waals surface area contributed by atoms with Crippen molar-refractivity contribution >= 4 is 40.0 Å². The Morgan fingerprint density at radius 2 is 1.94 bits per heavy atom. The summed E-state index contributed by atoms with van der Waals surface area (Å²) in [5.41, 5.74) is -1.52. The second-order valence-electron chi connectivity index (χ2n) is 7.75. The van der Waals surface area contributed by atoms with Crippen molar-refractivity contribution in [3.05, 3.63) is 58.5 Å². The molecule has 0 saturated heterocycles. The molecule has 2 heterocycles. The van der Waals surface area contributed by atoms with Crippen LogP contribution in [0.25, 0.3) is 11.3 Å². The number of nitrogens with one attached hydrogen (secondary N) is 1. The molecular formula is C22H16F5N4O3S+. The van der Waals surface area contributed by atoms with Crippen LogP contribution in [0, 0.1) is 17.6 Å². The van der Waals surface area contributed by atoms with Gasteiger partial charge in [0.15, 0.2) is 16.8 Å². The Bertz CT molecular complexity index is 1360. The molecule has 1 aromatic heterocycles. The van der Waals surface area contributed by atoms with Crippen LogP contribution in [0.5, 0.6) is 0 Å². The predicted molar refractivity (Wildman–Crippen MR) is 116 cm³/mol. The third kappa shape index (κ3) is 4.38. The van der Waals surface area contributed by atoms with Crippen molar-refractivity contribution in [2.45, 2.75) is 12.6 Å². The van der Waals surface area contributed by atoms with Crippen molar-refractivity contribution in [2.24, 2.45) is 5.92 Å². The van der Waals surface area contributed by atoms with Gasteiger partial charge in [-0.2, -0.15) is 27.4 Å². The van der Waals surface area contributed by atoms with Crippen LogP contribution in [-0.4, -0.2) is 52.1 Å². The summed E-state index contributed by atoms with van der Waals surface area (Å²) < 4.78 is 67.8. The summed E-state index contributed by atoms with van der Waals surface area (Å²) in [5, 5.41) is 3.74. The van der Waals surface area contributed by atoms with Crippen molar-refractivity contribution in [1.82, 2.24) is 9.88 Å². The number of carbonyl (C=O) groups excluding carboxylic acids is 3. The number of anilines is 1. The number of thiazole rings is 1. The normalized spacial score (nSPS) is 18.1. The summed E-state index contributed by atoms with van der Waals surface area (Å²) in [6.07, 6.45) is -0.462. The van der Waals surface area contributed by atoms with Crippen LogP contribution in [0.4, 0.5) is 31.9 Å². The van der Waals surface area contributed by atoms with E-state index in [1.807, 2.05) is 0 Å². The van der Waals surface area contributed by atoms with E-state index in [2.05, 4.69) is 10.3 Å². The summed E-state index contributed by atoms with van der Waals surface area (Å²) >= 11 is 0.862. The lowest BCUT2D eigenvalue weighted by molar-refractivity contribution is -0.405. The molecule has 0 spiro atoms. The fourth-order valence-electron chi connectivity index (χ4n) is 3.80. The van der Waals surface area contributed by atoms with Gasteiger partial charge in [0, 0.05) is 17.4 Å². The molecule has 0 bridgehead atoms. The largest absolute Gasteiger partial charge is 0.500 e. The Kier molecular flexibility index (Phi) is 6.13. The number of aromatic nitrogens is 1. The summed E-state index contributed by atoms with van der Waals surface area (Å²) in [6, 6.07) is 0.683. The first-order chi connectivity index (χ1) is 16.4. The molecule has 35 heavy (non-hydrogen) atoms. The first-order valence-corrected chi connectivity index (χ1v) is 10.9. The number of rotatable bonds is 4. The van der Waals surface area contributed by atoms with Gasteiger partial charge in [0.25, 0.3) is 0 Å². The second-order valence-corrected chi connectivity index (χ2v) is 8.60. The third-order valence-electron chi connectivity index (χ3n) is 5.56. The second kappa shape index (κ2) is 8.80. The minimum absolute atomic E-state index is 0.000227. The lowest BCUT2D eigenvalue weighted by Gasteiger charge is -2.27. The van der Waals surface area contributed by atoms with E-state index >= 15 is 0 Å². The molecule has 1 aromatic carbocycles. The number of hydrogen-bond acceptors (Lipinski definition) is 5. The topological polar surface area (TPSA) is 82.4 Å². The monoisotopic (exact) mass is 511 g/mol. The fourth-order valence-corrected chi connectivity index (χ4v) is 4.52. The number of imide groups is 1. The van der Waals surface area contributed by atoms with E-state index in [1.165, 1.54) is 24.1 Å². The Morgan fingerprint density at radius 1 is 1.23 bits per heavy atom. The highest BCUT2D eigenvalue weighted by Gasteiger charge is 2.46. The number of urea groups is 1. The van der Waals surface area contributed by atoms with Crippen LogP contribution in [-0.2, 0) is 15.8 Å². The molecule has 4 amide bonds. The number of carbonyl (C=O) groups is 3. The molecule has 2 aromatic rings. The van der Waals surface area contributed by atoms with Gasteiger partial charge in [0.05, 0.1) is 25.4 Å². The van der Waals surface area contributed by atoms with Crippen LogP contribution in [0.1, 0.15) is 12.0 Å². The van der Waals surface area contributed by atoms with Crippen LogP contribution >= 0.6 is 11.3 Å². The summed E-state index contributed by atoms with van der Waals surface area (Å²) in [5.74, 6) is -5.62. The first kappa shape index (κ1) is 24.4. The number of nitrogens with zero attached hydrogens (tertiary/aromatic N) is 3. The van der Waals surface area contributed by atoms with Crippen LogP contribution in [0.2, 0.25) is 0 Å². The minimum atomic E-state index is -5.05. The van der Waals surface area contributed by atoms with E-state index in [1.54, 1.807) is 18.2 Å². The molecule has 4 rings (SSSR count). The van der Waals surface area contributed by atoms with Crippen LogP contribution < -0.4 is 5.32 Å². The van der Waals surface area contributed by atoms with E-state index in [4.69, 9.17) is 0 Å². The quantitative estimate of drug-likeness (QED) is 0.492. The maximum absolute atomic E-state index is 14.3. The van der Waals surface area contributed by atoms with Gasteiger partial charge in [-0.15, -0.1) is 11.3 Å². The molecule has 1 unspecified atom stereocenters. The standard InChI is InChI=1S/C22H15F5N4O3S/c1-30-14-5-3-4-10(16(14)19(33)31(2)21(30)34)8-15(32)29-20-28-13(9-35-20)11-6-7-12(22(25,26)27)18(24)17(11)23/h3-7,9,16H,8H2,1-2H3/p+1. The summed E-state index contributed by atoms with van der Waals surface area (Å²) in [6.45, 7) is 0. The number of halogens is 5. The van der Waals surface area contributed by atoms with Crippen molar-refractivity contribution in [1.29, 1.82) is 0 Å². The van der Waals surface area contributed by atoms with Gasteiger partial charge in [-0.05, 0) is 23.8 Å². The van der Waals surface area contributed by atoms with Crippen molar-refractivity contribution in [3.63, 3.8) is 0 Å². The van der Waals surface area contributed by atoms with E-state index < -0.39 is 52.7 Å². The predicted octanol–water partition coefficient (Wildman–Crippen LogP) is 4.22. The Balaban J connectivity index is 1.51. The Labute approximate surface area is 198 Å². The zero-order valence-electron chi connectivity index (χ0n) is 18.1. The number of benzene rings is 1. The van der Waals surface area contributed by atoms with E-state index in [0.29, 0.717) is 17.4 Å². The summed E-state index contributed by atoms with van der Waals surface area (Å²) in [4.78, 5) is 42.4. The van der Waals surface area contributed by atoms with Gasteiger partial charge in [0.1, 0.15) is 11.6 Å².